The highest BCUT2D eigenvalue weighted by atomic mass is 16.3. The molecule has 4 fully saturated rings. The maximum Gasteiger partial charge on any atom is 0.297 e. The summed E-state index contributed by atoms with van der Waals surface area (Å²) in [6, 6.07) is 46.1. The molecule has 6 aromatic carbocycles. The van der Waals surface area contributed by atoms with Gasteiger partial charge in [0.1, 0.15) is 5.58 Å². The highest BCUT2D eigenvalue weighted by Crippen LogP contribution is 2.70. The van der Waals surface area contributed by atoms with E-state index < -0.39 is 0 Å². The van der Waals surface area contributed by atoms with Crippen molar-refractivity contribution >= 4 is 68.4 Å². The third kappa shape index (κ3) is 5.91. The van der Waals surface area contributed by atoms with Crippen molar-refractivity contribution in [2.45, 2.75) is 142 Å². The molecule has 344 valence electrons. The van der Waals surface area contributed by atoms with E-state index in [0.29, 0.717) is 11.8 Å². The van der Waals surface area contributed by atoms with E-state index in [1.54, 1.807) is 11.1 Å². The first-order chi connectivity index (χ1) is 32.2. The zero-order valence-electron chi connectivity index (χ0n) is 42.7. The molecule has 5 aliphatic carbocycles. The number of hydrogen-bond acceptors (Lipinski definition) is 3. The molecular weight excluding hydrogens is 824 g/mol. The quantitative estimate of drug-likeness (QED) is 0.161. The van der Waals surface area contributed by atoms with Crippen molar-refractivity contribution < 1.29 is 4.42 Å². The molecule has 0 N–H and O–H groups in total. The summed E-state index contributed by atoms with van der Waals surface area (Å²) in [7, 11) is 0. The molecular formula is C64H69BN2O. The molecule has 2 aliphatic heterocycles. The van der Waals surface area contributed by atoms with Gasteiger partial charge >= 0.3 is 0 Å². The van der Waals surface area contributed by atoms with Gasteiger partial charge in [-0.05, 0) is 187 Å². The minimum absolute atomic E-state index is 0.0234. The summed E-state index contributed by atoms with van der Waals surface area (Å²) in [6.45, 7) is 28.1. The van der Waals surface area contributed by atoms with Gasteiger partial charge in [0.15, 0.2) is 0 Å². The van der Waals surface area contributed by atoms with E-state index in [1.807, 2.05) is 0 Å². The maximum atomic E-state index is 7.40. The van der Waals surface area contributed by atoms with Crippen molar-refractivity contribution in [3.05, 3.63) is 149 Å². The van der Waals surface area contributed by atoms with Gasteiger partial charge in [-0.3, -0.25) is 0 Å². The van der Waals surface area contributed by atoms with E-state index in [9.17, 15) is 0 Å². The smallest absolute Gasteiger partial charge is 0.297 e. The summed E-state index contributed by atoms with van der Waals surface area (Å²) >= 11 is 0. The fraction of sp³-hybridized carbons (Fsp3) is 0.406. The first-order valence-corrected chi connectivity index (χ1v) is 26.0. The Hall–Kier alpha value is -5.48. The summed E-state index contributed by atoms with van der Waals surface area (Å²) in [5.41, 5.74) is 23.4. The van der Waals surface area contributed by atoms with Gasteiger partial charge in [-0.2, -0.15) is 0 Å². The monoisotopic (exact) mass is 893 g/mol. The Labute approximate surface area is 406 Å². The van der Waals surface area contributed by atoms with Crippen molar-refractivity contribution in [1.29, 1.82) is 0 Å². The average molecular weight is 893 g/mol. The molecule has 3 nitrogen and oxygen atoms in total. The van der Waals surface area contributed by atoms with Gasteiger partial charge in [0.05, 0.1) is 11.3 Å². The molecule has 0 radical (unpaired) electrons. The van der Waals surface area contributed by atoms with Gasteiger partial charge in [-0.15, -0.1) is 0 Å². The lowest BCUT2D eigenvalue weighted by Crippen LogP contribution is -2.61. The SMILES string of the molecule is CC(C)(C)c1ccc(N2c3cc(C(C)(C)C)cc4c3B(c3ccc(C(C)(C)C)cc3N4c3ccc4c(c3)C3(c5ccccc5-4)C4CC5CC(C4)CC3C5)c3oc4ccc(C(C)(C)C)cc4c32)cc1. The van der Waals surface area contributed by atoms with Crippen molar-refractivity contribution in [1.82, 2.24) is 0 Å². The Balaban J connectivity index is 1.12. The Kier molecular flexibility index (Phi) is 8.69. The van der Waals surface area contributed by atoms with Crippen LogP contribution < -0.4 is 26.4 Å². The fourth-order valence-electron chi connectivity index (χ4n) is 14.8. The van der Waals surface area contributed by atoms with Crippen LogP contribution in [0.15, 0.2) is 120 Å². The zero-order chi connectivity index (χ0) is 47.2. The fourth-order valence-corrected chi connectivity index (χ4v) is 14.8. The highest BCUT2D eigenvalue weighted by Gasteiger charge is 2.62. The number of nitrogens with zero attached hydrogens (tertiary/aromatic N) is 2. The Bertz CT molecular complexity index is 3220. The molecule has 4 heteroatoms. The molecule has 1 spiro atoms. The molecule has 7 aliphatic rings. The van der Waals surface area contributed by atoms with Crippen LogP contribution in [0.4, 0.5) is 34.1 Å². The van der Waals surface area contributed by atoms with Crippen molar-refractivity contribution in [3.8, 4) is 11.1 Å². The van der Waals surface area contributed by atoms with E-state index >= 15 is 0 Å². The standard InChI is InChI=1S/C64H69BN2O/c1-60(2,3)39-17-21-45(22-18-39)67-55-35-42(63(10,11)12)34-54-57(55)65(59-58(67)49-32-40(61(4,5)6)20-26-56(49)68-59)52-25-19-41(62(7,8)9)33-53(52)66(54)46-23-24-48-47-15-13-14-16-50(47)64(51(48)36-46)43-28-37-27-38(30-43)31-44(64)29-37/h13-26,32-38,43-44H,27-31H2,1-12H3. The first-order valence-electron chi connectivity index (χ1n) is 26.0. The Morgan fingerprint density at radius 2 is 1.03 bits per heavy atom. The molecule has 0 saturated heterocycles. The Morgan fingerprint density at radius 1 is 0.485 bits per heavy atom. The summed E-state index contributed by atoms with van der Waals surface area (Å²) in [5, 5.41) is 1.18. The molecule has 4 saturated carbocycles. The third-order valence-corrected chi connectivity index (χ3v) is 18.0. The number of hydrogen-bond donors (Lipinski definition) is 0. The predicted molar refractivity (Wildman–Crippen MR) is 288 cm³/mol. The van der Waals surface area contributed by atoms with Crippen molar-refractivity contribution in [2.75, 3.05) is 9.80 Å². The largest absolute Gasteiger partial charge is 0.468 e. The van der Waals surface area contributed by atoms with E-state index in [-0.39, 0.29) is 33.8 Å². The first kappa shape index (κ1) is 42.6. The summed E-state index contributed by atoms with van der Waals surface area (Å²) in [5.74, 6) is 3.18. The molecule has 14 rings (SSSR count). The second-order valence-electron chi connectivity index (χ2n) is 26.3. The number of anilines is 6. The van der Waals surface area contributed by atoms with E-state index in [0.717, 1.165) is 28.8 Å². The van der Waals surface area contributed by atoms with Crippen LogP contribution in [0.2, 0.25) is 0 Å². The molecule has 4 bridgehead atoms. The van der Waals surface area contributed by atoms with Crippen LogP contribution in [-0.2, 0) is 27.1 Å². The predicted octanol–water partition coefficient (Wildman–Crippen LogP) is 15.4. The normalized spacial score (nSPS) is 23.3. The highest BCUT2D eigenvalue weighted by molar-refractivity contribution is 7.00. The van der Waals surface area contributed by atoms with Crippen LogP contribution in [0, 0.1) is 23.7 Å². The van der Waals surface area contributed by atoms with Gasteiger partial charge in [0, 0.05) is 39.2 Å². The molecule has 0 unspecified atom stereocenters. The second-order valence-corrected chi connectivity index (χ2v) is 26.3. The molecule has 7 aromatic rings. The zero-order valence-corrected chi connectivity index (χ0v) is 42.7. The van der Waals surface area contributed by atoms with Crippen LogP contribution in [0.1, 0.15) is 149 Å². The molecule has 1 aromatic heterocycles. The summed E-state index contributed by atoms with van der Waals surface area (Å²) in [6.07, 6.45) is 6.95. The summed E-state index contributed by atoms with van der Waals surface area (Å²) < 4.78 is 7.40. The van der Waals surface area contributed by atoms with Gasteiger partial charge in [0.2, 0.25) is 0 Å². The van der Waals surface area contributed by atoms with Crippen LogP contribution in [0.3, 0.4) is 0 Å². The van der Waals surface area contributed by atoms with Gasteiger partial charge < -0.3 is 14.2 Å². The lowest BCUT2D eigenvalue weighted by Gasteiger charge is -2.61. The van der Waals surface area contributed by atoms with Crippen LogP contribution >= 0.6 is 0 Å². The van der Waals surface area contributed by atoms with E-state index in [4.69, 9.17) is 4.42 Å². The van der Waals surface area contributed by atoms with Gasteiger partial charge in [-0.1, -0.05) is 144 Å². The van der Waals surface area contributed by atoms with Gasteiger partial charge in [0.25, 0.3) is 6.71 Å². The molecule has 0 atom stereocenters. The van der Waals surface area contributed by atoms with Crippen LogP contribution in [-0.4, -0.2) is 6.71 Å². The van der Waals surface area contributed by atoms with Crippen LogP contribution in [0.25, 0.3) is 22.1 Å². The van der Waals surface area contributed by atoms with Crippen molar-refractivity contribution in [3.63, 3.8) is 0 Å². The maximum absolute atomic E-state index is 7.40. The van der Waals surface area contributed by atoms with Crippen LogP contribution in [0.5, 0.6) is 0 Å². The number of furan rings is 1. The lowest BCUT2D eigenvalue weighted by molar-refractivity contribution is -0.0399. The minimum atomic E-state index is -0.121. The lowest BCUT2D eigenvalue weighted by atomic mass is 9.35. The summed E-state index contributed by atoms with van der Waals surface area (Å²) in [4.78, 5) is 5.29. The second kappa shape index (κ2) is 13.9. The molecule has 3 heterocycles. The molecule has 68 heavy (non-hydrogen) atoms. The van der Waals surface area contributed by atoms with E-state index in [1.165, 1.54) is 110 Å². The number of rotatable bonds is 2. The van der Waals surface area contributed by atoms with Gasteiger partial charge in [-0.25, -0.2) is 0 Å². The molecule has 0 amide bonds. The topological polar surface area (TPSA) is 19.6 Å². The number of fused-ring (bicyclic) bond motifs is 9. The number of benzene rings is 6. The Morgan fingerprint density at radius 3 is 1.68 bits per heavy atom. The minimum Gasteiger partial charge on any atom is -0.468 e. The third-order valence-electron chi connectivity index (χ3n) is 18.0. The average Bonchev–Trinajstić information content (AvgIpc) is 3.80. The van der Waals surface area contributed by atoms with Crippen molar-refractivity contribution in [2.24, 2.45) is 23.7 Å². The van der Waals surface area contributed by atoms with E-state index in [2.05, 4.69) is 208 Å².